The number of hydrogen-bond donors (Lipinski definition) is 1. The van der Waals surface area contributed by atoms with E-state index >= 15 is 0 Å². The van der Waals surface area contributed by atoms with Crippen molar-refractivity contribution in [1.29, 1.82) is 0 Å². The number of hydrogen-bond acceptors (Lipinski definition) is 5. The van der Waals surface area contributed by atoms with Crippen molar-refractivity contribution in [2.75, 3.05) is 26.2 Å². The third-order valence-corrected chi connectivity index (χ3v) is 8.81. The van der Waals surface area contributed by atoms with Gasteiger partial charge in [-0.05, 0) is 55.8 Å². The van der Waals surface area contributed by atoms with E-state index in [1.807, 2.05) is 22.2 Å². The molecule has 0 spiro atoms. The van der Waals surface area contributed by atoms with Crippen molar-refractivity contribution in [3.8, 4) is 5.75 Å². The van der Waals surface area contributed by atoms with Gasteiger partial charge in [-0.25, -0.2) is 0 Å². The molecule has 0 amide bonds. The molecule has 2 bridgehead atoms. The normalized spacial score (nSPS) is 22.6. The Morgan fingerprint density at radius 1 is 0.865 bits per heavy atom. The largest absolute Gasteiger partial charge is 0.503 e. The Hall–Kier alpha value is -3.16. The van der Waals surface area contributed by atoms with Gasteiger partial charge < -0.3 is 14.2 Å². The van der Waals surface area contributed by atoms with Gasteiger partial charge in [0.05, 0.1) is 5.69 Å². The molecule has 7 nitrogen and oxygen atoms in total. The zero-order chi connectivity index (χ0) is 25.5. The highest BCUT2D eigenvalue weighted by atomic mass is 16.3. The molecule has 2 saturated heterocycles. The molecule has 7 heteroatoms. The number of likely N-dealkylation sites (tertiary alicyclic amines) is 2. The van der Waals surface area contributed by atoms with E-state index in [0.29, 0.717) is 36.5 Å². The molecule has 194 valence electrons. The molecule has 1 aromatic carbocycles. The highest BCUT2D eigenvalue weighted by Gasteiger charge is 2.34. The number of nitrogens with zero attached hydrogens (tertiary/aromatic N) is 4. The molecule has 37 heavy (non-hydrogen) atoms. The Kier molecular flexibility index (Phi) is 6.51. The van der Waals surface area contributed by atoms with Crippen LogP contribution in [-0.2, 0) is 26.7 Å². The Morgan fingerprint density at radius 3 is 2.43 bits per heavy atom. The van der Waals surface area contributed by atoms with Gasteiger partial charge >= 0.3 is 0 Å². The SMILES string of the molecule is Cn1c(CN2C[C@H]3C[C@@H](C2)c2cccc(=O)n2C3)cc(=O)c(O)c1CN1CCC(c2ccccc2)CC1. The first kappa shape index (κ1) is 24.2. The van der Waals surface area contributed by atoms with Gasteiger partial charge in [-0.2, -0.15) is 0 Å². The van der Waals surface area contributed by atoms with Crippen molar-refractivity contribution in [3.05, 3.63) is 97.8 Å². The van der Waals surface area contributed by atoms with Crippen LogP contribution in [0.25, 0.3) is 0 Å². The second kappa shape index (κ2) is 9.95. The fraction of sp³-hybridized carbons (Fsp3) is 0.467. The van der Waals surface area contributed by atoms with Gasteiger partial charge in [0.1, 0.15) is 0 Å². The summed E-state index contributed by atoms with van der Waals surface area (Å²) in [5.74, 6) is 1.22. The molecule has 2 aromatic heterocycles. The summed E-state index contributed by atoms with van der Waals surface area (Å²) in [5, 5.41) is 10.7. The van der Waals surface area contributed by atoms with E-state index in [9.17, 15) is 14.7 Å². The lowest BCUT2D eigenvalue weighted by atomic mass is 9.83. The van der Waals surface area contributed by atoms with E-state index in [1.54, 1.807) is 12.1 Å². The Labute approximate surface area is 217 Å². The fourth-order valence-corrected chi connectivity index (χ4v) is 6.84. The van der Waals surface area contributed by atoms with Crippen LogP contribution in [0.4, 0.5) is 0 Å². The number of fused-ring (bicyclic) bond motifs is 4. The van der Waals surface area contributed by atoms with Gasteiger partial charge in [0.25, 0.3) is 5.56 Å². The van der Waals surface area contributed by atoms with Gasteiger partial charge in [0.2, 0.25) is 5.43 Å². The van der Waals surface area contributed by atoms with E-state index in [1.165, 1.54) is 5.56 Å². The summed E-state index contributed by atoms with van der Waals surface area (Å²) in [6.45, 7) is 5.69. The number of benzene rings is 1. The Balaban J connectivity index is 1.16. The van der Waals surface area contributed by atoms with E-state index < -0.39 is 0 Å². The van der Waals surface area contributed by atoms with Crippen LogP contribution in [0.1, 0.15) is 53.7 Å². The molecular weight excluding hydrogens is 464 g/mol. The van der Waals surface area contributed by atoms with E-state index in [-0.39, 0.29) is 16.7 Å². The molecule has 1 N–H and O–H groups in total. The summed E-state index contributed by atoms with van der Waals surface area (Å²) in [7, 11) is 1.97. The van der Waals surface area contributed by atoms with Crippen LogP contribution in [0.5, 0.6) is 5.75 Å². The second-order valence-corrected chi connectivity index (χ2v) is 11.2. The van der Waals surface area contributed by atoms with Crippen LogP contribution >= 0.6 is 0 Å². The molecule has 3 aliphatic rings. The lowest BCUT2D eigenvalue weighted by Crippen LogP contribution is -2.47. The maximum atomic E-state index is 12.8. The molecule has 0 saturated carbocycles. The van der Waals surface area contributed by atoms with Crippen LogP contribution in [0.2, 0.25) is 0 Å². The quantitative estimate of drug-likeness (QED) is 0.583. The Bertz CT molecular complexity index is 1390. The highest BCUT2D eigenvalue weighted by Crippen LogP contribution is 2.35. The van der Waals surface area contributed by atoms with Crippen molar-refractivity contribution < 1.29 is 5.11 Å². The lowest BCUT2D eigenvalue weighted by molar-refractivity contribution is 0.112. The monoisotopic (exact) mass is 500 g/mol. The van der Waals surface area contributed by atoms with Crippen molar-refractivity contribution >= 4 is 0 Å². The number of aromatic hydroxyl groups is 1. The van der Waals surface area contributed by atoms with Crippen LogP contribution < -0.4 is 11.0 Å². The number of aromatic nitrogens is 2. The first-order valence-corrected chi connectivity index (χ1v) is 13.6. The third-order valence-electron chi connectivity index (χ3n) is 8.81. The van der Waals surface area contributed by atoms with Gasteiger partial charge in [0, 0.05) is 69.2 Å². The minimum Gasteiger partial charge on any atom is -0.503 e. The van der Waals surface area contributed by atoms with E-state index in [2.05, 4.69) is 46.2 Å². The Morgan fingerprint density at radius 2 is 1.65 bits per heavy atom. The predicted octanol–water partition coefficient (Wildman–Crippen LogP) is 3.25. The van der Waals surface area contributed by atoms with Gasteiger partial charge in [-0.1, -0.05) is 36.4 Å². The topological polar surface area (TPSA) is 70.7 Å². The molecule has 3 aromatic rings. The van der Waals surface area contributed by atoms with Crippen LogP contribution in [0.15, 0.2) is 64.2 Å². The summed E-state index contributed by atoms with van der Waals surface area (Å²) in [5.41, 5.74) is 3.97. The van der Waals surface area contributed by atoms with Crippen molar-refractivity contribution in [1.82, 2.24) is 18.9 Å². The minimum atomic E-state index is -0.295. The third kappa shape index (κ3) is 4.78. The first-order valence-electron chi connectivity index (χ1n) is 13.6. The number of pyridine rings is 2. The zero-order valence-corrected chi connectivity index (χ0v) is 21.6. The molecule has 2 fully saturated rings. The lowest BCUT2D eigenvalue weighted by Gasteiger charge is -2.43. The van der Waals surface area contributed by atoms with Crippen LogP contribution in [0.3, 0.4) is 0 Å². The number of piperidine rings is 2. The average Bonchev–Trinajstić information content (AvgIpc) is 2.91. The predicted molar refractivity (Wildman–Crippen MR) is 144 cm³/mol. The molecule has 5 heterocycles. The maximum absolute atomic E-state index is 12.8. The van der Waals surface area contributed by atoms with Crippen LogP contribution in [0, 0.1) is 5.92 Å². The number of rotatable bonds is 5. The van der Waals surface area contributed by atoms with Gasteiger partial charge in [-0.3, -0.25) is 19.4 Å². The molecule has 0 radical (unpaired) electrons. The average molecular weight is 501 g/mol. The smallest absolute Gasteiger partial charge is 0.250 e. The minimum absolute atomic E-state index is 0.0963. The van der Waals surface area contributed by atoms with Crippen molar-refractivity contribution in [2.24, 2.45) is 13.0 Å². The summed E-state index contributed by atoms with van der Waals surface area (Å²) >= 11 is 0. The maximum Gasteiger partial charge on any atom is 0.250 e. The molecule has 3 aliphatic heterocycles. The molecule has 0 unspecified atom stereocenters. The van der Waals surface area contributed by atoms with Crippen LogP contribution in [-0.4, -0.2) is 50.2 Å². The summed E-state index contributed by atoms with van der Waals surface area (Å²) in [6.07, 6.45) is 3.28. The molecule has 6 rings (SSSR count). The van der Waals surface area contributed by atoms with Gasteiger partial charge in [0.15, 0.2) is 5.75 Å². The zero-order valence-electron chi connectivity index (χ0n) is 21.6. The fourth-order valence-electron chi connectivity index (χ4n) is 6.84. The van der Waals surface area contributed by atoms with E-state index in [4.69, 9.17) is 0 Å². The summed E-state index contributed by atoms with van der Waals surface area (Å²) in [4.78, 5) is 29.9. The van der Waals surface area contributed by atoms with Crippen molar-refractivity contribution in [2.45, 2.75) is 50.7 Å². The van der Waals surface area contributed by atoms with Gasteiger partial charge in [-0.15, -0.1) is 0 Å². The highest BCUT2D eigenvalue weighted by molar-refractivity contribution is 5.30. The van der Waals surface area contributed by atoms with Crippen molar-refractivity contribution in [3.63, 3.8) is 0 Å². The second-order valence-electron chi connectivity index (χ2n) is 11.2. The van der Waals surface area contributed by atoms with E-state index in [0.717, 1.165) is 63.4 Å². The molecule has 2 atom stereocenters. The summed E-state index contributed by atoms with van der Waals surface area (Å²) < 4.78 is 3.98. The standard InChI is InChI=1S/C30H36N4O3/c1-31-25(19-33-16-21-14-24(18-33)26-8-5-9-29(36)34(26)17-21)15-28(35)30(37)27(31)20-32-12-10-23(11-13-32)22-6-3-2-4-7-22/h2-9,15,21,23-24,37H,10-14,16-20H2,1H3/t21-,24+/m1/s1. The molecular formula is C30H36N4O3. The first-order chi connectivity index (χ1) is 18.0. The summed E-state index contributed by atoms with van der Waals surface area (Å²) in [6, 6.07) is 17.9. The molecule has 0 aliphatic carbocycles.